The quantitative estimate of drug-likeness (QED) is 0.813. The number of carbonyl (C=O) groups is 1. The Morgan fingerprint density at radius 2 is 1.95 bits per heavy atom. The van der Waals surface area contributed by atoms with Crippen LogP contribution < -0.4 is 5.32 Å². The van der Waals surface area contributed by atoms with Gasteiger partial charge in [0.15, 0.2) is 0 Å². The number of nitrogens with one attached hydrogen (secondary N) is 1. The second-order valence-electron chi connectivity index (χ2n) is 5.45. The zero-order chi connectivity index (χ0) is 15.3. The average Bonchev–Trinajstić information content (AvgIpc) is 2.39. The highest BCUT2D eigenvalue weighted by Gasteiger charge is 2.40. The molecule has 0 atom stereocenters. The summed E-state index contributed by atoms with van der Waals surface area (Å²) in [6, 6.07) is 9.34. The zero-order valence-electron chi connectivity index (χ0n) is 11.5. The van der Waals surface area contributed by atoms with E-state index in [0.29, 0.717) is 0 Å². The Morgan fingerprint density at radius 3 is 2.48 bits per heavy atom. The molecule has 1 aromatic rings. The largest absolute Gasteiger partial charge is 0.445 e. The first-order valence-corrected chi connectivity index (χ1v) is 9.23. The van der Waals surface area contributed by atoms with Crippen molar-refractivity contribution < 1.29 is 17.9 Å². The molecule has 1 aromatic carbocycles. The minimum Gasteiger partial charge on any atom is -0.445 e. The molecule has 116 valence electrons. The van der Waals surface area contributed by atoms with Crippen molar-refractivity contribution in [3.05, 3.63) is 35.9 Å². The van der Waals surface area contributed by atoms with Gasteiger partial charge in [-0.05, 0) is 18.4 Å². The fraction of sp³-hybridized carbons (Fsp3) is 0.500. The van der Waals surface area contributed by atoms with Crippen molar-refractivity contribution in [2.45, 2.75) is 25.9 Å². The lowest BCUT2D eigenvalue weighted by Gasteiger charge is -2.40. The number of hydrogen-bond donors (Lipinski definition) is 1. The van der Waals surface area contributed by atoms with E-state index in [1.807, 2.05) is 30.3 Å². The van der Waals surface area contributed by atoms with Crippen LogP contribution in [0.4, 0.5) is 4.79 Å². The molecule has 0 unspecified atom stereocenters. The van der Waals surface area contributed by atoms with Gasteiger partial charge in [0.2, 0.25) is 9.05 Å². The van der Waals surface area contributed by atoms with E-state index in [1.165, 1.54) is 0 Å². The number of halogens is 1. The highest BCUT2D eigenvalue weighted by molar-refractivity contribution is 8.13. The van der Waals surface area contributed by atoms with Gasteiger partial charge >= 0.3 is 6.09 Å². The first-order chi connectivity index (χ1) is 9.89. The summed E-state index contributed by atoms with van der Waals surface area (Å²) in [6.07, 6.45) is 1.90. The van der Waals surface area contributed by atoms with Gasteiger partial charge in [-0.1, -0.05) is 36.8 Å². The van der Waals surface area contributed by atoms with E-state index in [2.05, 4.69) is 5.32 Å². The van der Waals surface area contributed by atoms with Crippen molar-refractivity contribution in [2.75, 3.05) is 12.3 Å². The standard InChI is InChI=1S/C14H18ClNO4S/c15-21(18,19)11-14(7-4-8-14)10-16-13(17)20-9-12-5-2-1-3-6-12/h1-3,5-6H,4,7-11H2,(H,16,17). The van der Waals surface area contributed by atoms with Gasteiger partial charge in [-0.3, -0.25) is 0 Å². The van der Waals surface area contributed by atoms with E-state index >= 15 is 0 Å². The van der Waals surface area contributed by atoms with Crippen LogP contribution in [0.5, 0.6) is 0 Å². The summed E-state index contributed by atoms with van der Waals surface area (Å²) in [5.74, 6) is -0.111. The van der Waals surface area contributed by atoms with Crippen molar-refractivity contribution in [3.8, 4) is 0 Å². The third-order valence-electron chi connectivity index (χ3n) is 3.71. The van der Waals surface area contributed by atoms with Crippen LogP contribution in [0.3, 0.4) is 0 Å². The summed E-state index contributed by atoms with van der Waals surface area (Å²) in [5, 5.41) is 2.63. The molecule has 21 heavy (non-hydrogen) atoms. The van der Waals surface area contributed by atoms with Gasteiger partial charge < -0.3 is 10.1 Å². The third kappa shape index (κ3) is 5.21. The van der Waals surface area contributed by atoms with Crippen LogP contribution in [-0.2, 0) is 20.4 Å². The van der Waals surface area contributed by atoms with E-state index in [4.69, 9.17) is 15.4 Å². The molecular weight excluding hydrogens is 314 g/mol. The molecule has 1 amide bonds. The lowest BCUT2D eigenvalue weighted by molar-refractivity contribution is 0.119. The Balaban J connectivity index is 1.78. The number of ether oxygens (including phenoxy) is 1. The van der Waals surface area contributed by atoms with E-state index in [9.17, 15) is 13.2 Å². The van der Waals surface area contributed by atoms with E-state index < -0.39 is 20.6 Å². The van der Waals surface area contributed by atoms with Crippen LogP contribution in [0.25, 0.3) is 0 Å². The molecule has 7 heteroatoms. The van der Waals surface area contributed by atoms with Crippen LogP contribution in [-0.4, -0.2) is 26.8 Å². The second-order valence-corrected chi connectivity index (χ2v) is 8.23. The first-order valence-electron chi connectivity index (χ1n) is 6.76. The smallest absolute Gasteiger partial charge is 0.407 e. The summed E-state index contributed by atoms with van der Waals surface area (Å²) in [6.45, 7) is 0.458. The minimum absolute atomic E-state index is 0.111. The van der Waals surface area contributed by atoms with Crippen LogP contribution in [0, 0.1) is 5.41 Å². The lowest BCUT2D eigenvalue weighted by atomic mass is 9.70. The highest BCUT2D eigenvalue weighted by atomic mass is 35.7. The molecule has 1 N–H and O–H groups in total. The Kier molecular flexibility index (Phi) is 5.11. The Hall–Kier alpha value is -1.27. The van der Waals surface area contributed by atoms with Gasteiger partial charge in [0.05, 0.1) is 5.75 Å². The van der Waals surface area contributed by atoms with Crippen molar-refractivity contribution in [2.24, 2.45) is 5.41 Å². The normalized spacial score (nSPS) is 16.8. The molecule has 5 nitrogen and oxygen atoms in total. The lowest BCUT2D eigenvalue weighted by Crippen LogP contribution is -2.46. The summed E-state index contributed by atoms with van der Waals surface area (Å²) in [7, 11) is 1.75. The van der Waals surface area contributed by atoms with Crippen molar-refractivity contribution in [1.29, 1.82) is 0 Å². The molecule has 0 aromatic heterocycles. The van der Waals surface area contributed by atoms with Gasteiger partial charge in [-0.15, -0.1) is 0 Å². The minimum atomic E-state index is -3.57. The number of amides is 1. The van der Waals surface area contributed by atoms with E-state index in [-0.39, 0.29) is 18.9 Å². The predicted octanol–water partition coefficient (Wildman–Crippen LogP) is 2.65. The number of carbonyl (C=O) groups excluding carboxylic acids is 1. The SMILES string of the molecule is O=C(NCC1(CS(=O)(=O)Cl)CCC1)OCc1ccccc1. The van der Waals surface area contributed by atoms with Gasteiger partial charge in [0, 0.05) is 22.6 Å². The number of rotatable bonds is 6. The Bertz CT molecular complexity index is 584. The number of benzene rings is 1. The topological polar surface area (TPSA) is 72.5 Å². The zero-order valence-corrected chi connectivity index (χ0v) is 13.1. The molecule has 0 radical (unpaired) electrons. The molecule has 1 aliphatic carbocycles. The number of alkyl carbamates (subject to hydrolysis) is 1. The van der Waals surface area contributed by atoms with Gasteiger partial charge in [-0.2, -0.15) is 0 Å². The maximum absolute atomic E-state index is 11.7. The molecule has 0 bridgehead atoms. The van der Waals surface area contributed by atoms with Gasteiger partial charge in [0.25, 0.3) is 0 Å². The predicted molar refractivity (Wildman–Crippen MR) is 80.6 cm³/mol. The van der Waals surface area contributed by atoms with Crippen LogP contribution in [0.15, 0.2) is 30.3 Å². The highest BCUT2D eigenvalue weighted by Crippen LogP contribution is 2.42. The van der Waals surface area contributed by atoms with E-state index in [1.54, 1.807) is 0 Å². The maximum atomic E-state index is 11.7. The average molecular weight is 332 g/mol. The Morgan fingerprint density at radius 1 is 1.29 bits per heavy atom. The van der Waals surface area contributed by atoms with Gasteiger partial charge in [0.1, 0.15) is 6.61 Å². The molecular formula is C14H18ClNO4S. The van der Waals surface area contributed by atoms with Crippen molar-refractivity contribution >= 4 is 25.8 Å². The second kappa shape index (κ2) is 6.66. The van der Waals surface area contributed by atoms with Crippen molar-refractivity contribution in [3.63, 3.8) is 0 Å². The summed E-state index contributed by atoms with van der Waals surface area (Å²) < 4.78 is 27.5. The summed E-state index contributed by atoms with van der Waals surface area (Å²) in [5.41, 5.74) is 0.459. The molecule has 1 saturated carbocycles. The molecule has 0 heterocycles. The number of hydrogen-bond acceptors (Lipinski definition) is 4. The Labute approximate surface area is 129 Å². The molecule has 0 saturated heterocycles. The third-order valence-corrected chi connectivity index (χ3v) is 5.00. The van der Waals surface area contributed by atoms with Crippen LogP contribution in [0.1, 0.15) is 24.8 Å². The molecule has 0 aliphatic heterocycles. The summed E-state index contributed by atoms with van der Waals surface area (Å²) in [4.78, 5) is 11.7. The van der Waals surface area contributed by atoms with E-state index in [0.717, 1.165) is 24.8 Å². The monoisotopic (exact) mass is 331 g/mol. The summed E-state index contributed by atoms with van der Waals surface area (Å²) >= 11 is 0. The molecule has 0 spiro atoms. The maximum Gasteiger partial charge on any atom is 0.407 e. The molecule has 1 fully saturated rings. The van der Waals surface area contributed by atoms with Gasteiger partial charge in [-0.25, -0.2) is 13.2 Å². The van der Waals surface area contributed by atoms with Crippen LogP contribution >= 0.6 is 10.7 Å². The molecule has 2 rings (SSSR count). The fourth-order valence-electron chi connectivity index (χ4n) is 2.45. The van der Waals surface area contributed by atoms with Crippen LogP contribution in [0.2, 0.25) is 0 Å². The first kappa shape index (κ1) is 16.1. The molecule has 1 aliphatic rings. The van der Waals surface area contributed by atoms with Crippen molar-refractivity contribution in [1.82, 2.24) is 5.32 Å². The fourth-order valence-corrected chi connectivity index (χ4v) is 4.27.